The Bertz CT molecular complexity index is 967. The number of amidine groups is 1. The topological polar surface area (TPSA) is 82.0 Å². The van der Waals surface area contributed by atoms with E-state index in [0.29, 0.717) is 23.7 Å². The number of rotatable bonds is 7. The predicted molar refractivity (Wildman–Crippen MR) is 112 cm³/mol. The second kappa shape index (κ2) is 9.43. The molecule has 1 aliphatic heterocycles. The fourth-order valence-electron chi connectivity index (χ4n) is 2.81. The molecule has 150 valence electrons. The minimum Gasteiger partial charge on any atom is -0.545 e. The molecule has 0 aromatic heterocycles. The summed E-state index contributed by atoms with van der Waals surface area (Å²) in [4.78, 5) is 30.2. The van der Waals surface area contributed by atoms with E-state index in [1.165, 1.54) is 23.9 Å². The molecular weight excluding hydrogens is 388 g/mol. The zero-order valence-electron chi connectivity index (χ0n) is 16.3. The van der Waals surface area contributed by atoms with Gasteiger partial charge < -0.3 is 14.6 Å². The second-order valence-electron chi connectivity index (χ2n) is 6.26. The van der Waals surface area contributed by atoms with E-state index in [-0.39, 0.29) is 18.1 Å². The van der Waals surface area contributed by atoms with Gasteiger partial charge >= 0.3 is 0 Å². The number of carboxylic acid groups (broad SMARTS) is 1. The summed E-state index contributed by atoms with van der Waals surface area (Å²) in [5.41, 5.74) is 1.76. The van der Waals surface area contributed by atoms with Crippen molar-refractivity contribution in [2.75, 3.05) is 13.1 Å². The molecule has 29 heavy (non-hydrogen) atoms. The van der Waals surface area contributed by atoms with Gasteiger partial charge in [0.15, 0.2) is 5.17 Å². The van der Waals surface area contributed by atoms with Gasteiger partial charge in [0, 0.05) is 13.1 Å². The van der Waals surface area contributed by atoms with Gasteiger partial charge in [0.25, 0.3) is 5.91 Å². The molecule has 1 fully saturated rings. The predicted octanol–water partition coefficient (Wildman–Crippen LogP) is 2.94. The van der Waals surface area contributed by atoms with Crippen molar-refractivity contribution in [3.63, 3.8) is 0 Å². The number of likely N-dealkylation sites (N-methyl/N-ethyl adjacent to an activating group) is 1. The standard InChI is InChI=1S/C22H22N2O4S/c1-3-23-22-24(4-2)20(25)19(29-22)13-15-8-10-18(11-9-15)28-14-16-6-5-7-17(12-16)21(26)27/h5-13H,3-4,14H2,1-2H3,(H,26,27)/p-1/b19-13-,23-22?. The number of benzene rings is 2. The first-order valence-electron chi connectivity index (χ1n) is 9.30. The van der Waals surface area contributed by atoms with Crippen molar-refractivity contribution < 1.29 is 19.4 Å². The van der Waals surface area contributed by atoms with E-state index in [9.17, 15) is 14.7 Å². The zero-order chi connectivity index (χ0) is 20.8. The molecule has 7 heteroatoms. The van der Waals surface area contributed by atoms with E-state index < -0.39 is 5.97 Å². The van der Waals surface area contributed by atoms with Crippen LogP contribution in [0.3, 0.4) is 0 Å². The van der Waals surface area contributed by atoms with E-state index in [0.717, 1.165) is 16.3 Å². The summed E-state index contributed by atoms with van der Waals surface area (Å²) in [7, 11) is 0. The molecule has 2 aromatic rings. The number of hydrogen-bond acceptors (Lipinski definition) is 6. The number of amides is 1. The van der Waals surface area contributed by atoms with E-state index in [2.05, 4.69) is 4.99 Å². The Balaban J connectivity index is 1.67. The molecule has 0 bridgehead atoms. The van der Waals surface area contributed by atoms with Crippen LogP contribution in [-0.2, 0) is 11.4 Å². The molecule has 0 unspecified atom stereocenters. The quantitative estimate of drug-likeness (QED) is 0.657. The normalized spacial score (nSPS) is 16.6. The Labute approximate surface area is 173 Å². The highest BCUT2D eigenvalue weighted by Gasteiger charge is 2.31. The number of hydrogen-bond donors (Lipinski definition) is 0. The number of ether oxygens (including phenoxy) is 1. The van der Waals surface area contributed by atoms with Crippen LogP contribution in [0.2, 0.25) is 0 Å². The van der Waals surface area contributed by atoms with E-state index in [1.54, 1.807) is 17.0 Å². The van der Waals surface area contributed by atoms with Crippen LogP contribution in [0, 0.1) is 0 Å². The van der Waals surface area contributed by atoms with E-state index in [4.69, 9.17) is 4.74 Å². The number of nitrogens with zero attached hydrogens (tertiary/aromatic N) is 2. The number of aliphatic imine (C=N–C) groups is 1. The van der Waals surface area contributed by atoms with Crippen LogP contribution in [0.5, 0.6) is 5.75 Å². The highest BCUT2D eigenvalue weighted by Crippen LogP contribution is 2.32. The average Bonchev–Trinajstić information content (AvgIpc) is 3.02. The molecule has 0 N–H and O–H groups in total. The van der Waals surface area contributed by atoms with Gasteiger partial charge in [0.1, 0.15) is 12.4 Å². The zero-order valence-corrected chi connectivity index (χ0v) is 17.1. The molecule has 0 saturated carbocycles. The number of thioether (sulfide) groups is 1. The summed E-state index contributed by atoms with van der Waals surface area (Å²) in [5, 5.41) is 11.7. The van der Waals surface area contributed by atoms with Crippen molar-refractivity contribution >= 4 is 34.9 Å². The van der Waals surface area contributed by atoms with E-state index >= 15 is 0 Å². The molecule has 1 heterocycles. The molecule has 3 rings (SSSR count). The highest BCUT2D eigenvalue weighted by atomic mass is 32.2. The fraction of sp³-hybridized carbons (Fsp3) is 0.227. The number of carbonyl (C=O) groups is 2. The lowest BCUT2D eigenvalue weighted by atomic mass is 10.1. The second-order valence-corrected chi connectivity index (χ2v) is 7.27. The molecule has 1 amide bonds. The summed E-state index contributed by atoms with van der Waals surface area (Å²) in [6.45, 7) is 5.35. The molecule has 0 spiro atoms. The van der Waals surface area contributed by atoms with Crippen LogP contribution in [-0.4, -0.2) is 35.0 Å². The van der Waals surface area contributed by atoms with Crippen LogP contribution >= 0.6 is 11.8 Å². The number of carboxylic acids is 1. The van der Waals surface area contributed by atoms with E-state index in [1.807, 2.05) is 44.2 Å². The van der Waals surface area contributed by atoms with Crippen molar-refractivity contribution in [1.29, 1.82) is 0 Å². The summed E-state index contributed by atoms with van der Waals surface area (Å²) in [5.74, 6) is -0.588. The molecule has 0 aliphatic carbocycles. The van der Waals surface area contributed by atoms with Gasteiger partial charge in [-0.15, -0.1) is 0 Å². The lowest BCUT2D eigenvalue weighted by Gasteiger charge is -2.11. The average molecular weight is 409 g/mol. The number of aromatic carboxylic acids is 1. The largest absolute Gasteiger partial charge is 0.545 e. The van der Waals surface area contributed by atoms with Crippen molar-refractivity contribution in [3.8, 4) is 5.75 Å². The first-order chi connectivity index (χ1) is 14.0. The van der Waals surface area contributed by atoms with Crippen LogP contribution in [0.25, 0.3) is 6.08 Å². The van der Waals surface area contributed by atoms with Gasteiger partial charge in [0.2, 0.25) is 0 Å². The van der Waals surface area contributed by atoms with Crippen LogP contribution in [0.1, 0.15) is 35.3 Å². The highest BCUT2D eigenvalue weighted by molar-refractivity contribution is 8.18. The van der Waals surface area contributed by atoms with Gasteiger partial charge in [-0.1, -0.05) is 30.3 Å². The first kappa shape index (κ1) is 20.7. The fourth-order valence-corrected chi connectivity index (χ4v) is 3.91. The third-order valence-electron chi connectivity index (χ3n) is 4.24. The van der Waals surface area contributed by atoms with Crippen molar-refractivity contribution in [2.24, 2.45) is 4.99 Å². The van der Waals surface area contributed by atoms with Gasteiger partial charge in [-0.3, -0.25) is 14.7 Å². The lowest BCUT2D eigenvalue weighted by Crippen LogP contribution is -2.28. The smallest absolute Gasteiger partial charge is 0.266 e. The summed E-state index contributed by atoms with van der Waals surface area (Å²) in [6, 6.07) is 13.9. The van der Waals surface area contributed by atoms with Crippen LogP contribution < -0.4 is 9.84 Å². The minimum atomic E-state index is -1.21. The Hall–Kier alpha value is -3.06. The minimum absolute atomic E-state index is 0.0298. The van der Waals surface area contributed by atoms with Crippen molar-refractivity contribution in [3.05, 3.63) is 70.1 Å². The maximum absolute atomic E-state index is 12.5. The molecule has 2 aromatic carbocycles. The molecule has 1 saturated heterocycles. The third-order valence-corrected chi connectivity index (χ3v) is 5.29. The molecule has 6 nitrogen and oxygen atoms in total. The third kappa shape index (κ3) is 5.06. The SMILES string of the molecule is CCN=C1S/C(=C\c2ccc(OCc3cccc(C(=O)[O-])c3)cc2)C(=O)N1CC. The van der Waals surface area contributed by atoms with Crippen molar-refractivity contribution in [1.82, 2.24) is 4.90 Å². The number of carbonyl (C=O) groups excluding carboxylic acids is 2. The maximum atomic E-state index is 12.5. The van der Waals surface area contributed by atoms with Crippen LogP contribution in [0.4, 0.5) is 0 Å². The molecule has 1 aliphatic rings. The lowest BCUT2D eigenvalue weighted by molar-refractivity contribution is -0.255. The monoisotopic (exact) mass is 409 g/mol. The van der Waals surface area contributed by atoms with Gasteiger partial charge in [-0.25, -0.2) is 0 Å². The molecule has 0 radical (unpaired) electrons. The van der Waals surface area contributed by atoms with Crippen molar-refractivity contribution in [2.45, 2.75) is 20.5 Å². The first-order valence-corrected chi connectivity index (χ1v) is 10.1. The molecular formula is C22H21N2O4S-. The Morgan fingerprint density at radius 2 is 1.97 bits per heavy atom. The molecule has 0 atom stereocenters. The summed E-state index contributed by atoms with van der Waals surface area (Å²) >= 11 is 1.39. The Kier molecular flexibility index (Phi) is 6.72. The summed E-state index contributed by atoms with van der Waals surface area (Å²) in [6.07, 6.45) is 1.85. The Morgan fingerprint density at radius 1 is 1.21 bits per heavy atom. The van der Waals surface area contributed by atoms with Gasteiger partial charge in [-0.05, 0) is 66.6 Å². The summed E-state index contributed by atoms with van der Waals surface area (Å²) < 4.78 is 5.72. The Morgan fingerprint density at radius 3 is 2.62 bits per heavy atom. The van der Waals surface area contributed by atoms with Gasteiger partial charge in [-0.2, -0.15) is 0 Å². The maximum Gasteiger partial charge on any atom is 0.266 e. The van der Waals surface area contributed by atoms with Gasteiger partial charge in [0.05, 0.1) is 10.9 Å². The van der Waals surface area contributed by atoms with Crippen LogP contribution in [0.15, 0.2) is 58.4 Å².